The fraction of sp³-hybridized carbons (Fsp3) is 0.833. The SMILES string of the molecule is CCCCC1=C(B2OC(C)(C)C(C)(C)O2)C2CC(C(C)(C)C)CCC2=CC1. The Morgan fingerprint density at radius 3 is 2.30 bits per heavy atom. The normalized spacial score (nSPS) is 30.4. The van der Waals surface area contributed by atoms with E-state index in [0.29, 0.717) is 11.3 Å². The fourth-order valence-corrected chi connectivity index (χ4v) is 4.98. The molecule has 0 spiro atoms. The van der Waals surface area contributed by atoms with Crippen molar-refractivity contribution in [1.82, 2.24) is 0 Å². The van der Waals surface area contributed by atoms with Crippen molar-refractivity contribution < 1.29 is 9.31 Å². The first kappa shape index (κ1) is 21.2. The lowest BCUT2D eigenvalue weighted by Gasteiger charge is -2.42. The molecule has 1 heterocycles. The van der Waals surface area contributed by atoms with Crippen LogP contribution in [0.25, 0.3) is 0 Å². The van der Waals surface area contributed by atoms with Gasteiger partial charge in [-0.2, -0.15) is 0 Å². The van der Waals surface area contributed by atoms with Gasteiger partial charge in [0.15, 0.2) is 0 Å². The standard InChI is InChI=1S/C24H41BO2/c1-9-10-11-18-13-12-17-14-15-19(22(2,3)4)16-20(17)21(18)25-26-23(5,6)24(7,8)27-25/h12,19-20H,9-11,13-16H2,1-8H3. The Morgan fingerprint density at radius 1 is 1.11 bits per heavy atom. The molecule has 2 unspecified atom stereocenters. The van der Waals surface area contributed by atoms with E-state index in [-0.39, 0.29) is 18.3 Å². The topological polar surface area (TPSA) is 18.5 Å². The first-order valence-electron chi connectivity index (χ1n) is 11.2. The van der Waals surface area contributed by atoms with Gasteiger partial charge in [0.1, 0.15) is 0 Å². The molecule has 27 heavy (non-hydrogen) atoms. The quantitative estimate of drug-likeness (QED) is 0.395. The van der Waals surface area contributed by atoms with Crippen molar-refractivity contribution in [2.24, 2.45) is 17.3 Å². The number of fused-ring (bicyclic) bond motifs is 1. The smallest absolute Gasteiger partial charge is 0.400 e. The van der Waals surface area contributed by atoms with Gasteiger partial charge in [0.2, 0.25) is 0 Å². The van der Waals surface area contributed by atoms with E-state index in [0.717, 1.165) is 12.3 Å². The van der Waals surface area contributed by atoms with E-state index in [4.69, 9.17) is 9.31 Å². The summed E-state index contributed by atoms with van der Waals surface area (Å²) < 4.78 is 13.2. The van der Waals surface area contributed by atoms with E-state index in [1.54, 1.807) is 11.1 Å². The molecule has 2 aliphatic carbocycles. The molecule has 1 aliphatic heterocycles. The molecule has 1 saturated heterocycles. The minimum Gasteiger partial charge on any atom is -0.400 e. The van der Waals surface area contributed by atoms with Gasteiger partial charge in [-0.3, -0.25) is 0 Å². The van der Waals surface area contributed by atoms with E-state index >= 15 is 0 Å². The van der Waals surface area contributed by atoms with Crippen LogP contribution in [0.2, 0.25) is 0 Å². The highest BCUT2D eigenvalue weighted by atomic mass is 16.7. The van der Waals surface area contributed by atoms with Gasteiger partial charge < -0.3 is 9.31 Å². The molecule has 1 saturated carbocycles. The fourth-order valence-electron chi connectivity index (χ4n) is 4.98. The summed E-state index contributed by atoms with van der Waals surface area (Å²) in [6, 6.07) is 0. The third-order valence-electron chi connectivity index (χ3n) is 7.71. The Labute approximate surface area is 168 Å². The number of allylic oxidation sites excluding steroid dienone is 4. The van der Waals surface area contributed by atoms with Crippen LogP contribution in [0.4, 0.5) is 0 Å². The summed E-state index contributed by atoms with van der Waals surface area (Å²) in [5, 5.41) is 0. The number of hydrogen-bond acceptors (Lipinski definition) is 2. The Bertz CT molecular complexity index is 605. The van der Waals surface area contributed by atoms with E-state index in [2.05, 4.69) is 61.5 Å². The molecule has 3 heteroatoms. The van der Waals surface area contributed by atoms with Crippen molar-refractivity contribution in [3.05, 3.63) is 22.7 Å². The third kappa shape index (κ3) is 4.10. The van der Waals surface area contributed by atoms with Gasteiger partial charge in [-0.1, -0.05) is 51.3 Å². The predicted molar refractivity (Wildman–Crippen MR) is 116 cm³/mol. The highest BCUT2D eigenvalue weighted by Gasteiger charge is 2.54. The maximum absolute atomic E-state index is 6.58. The van der Waals surface area contributed by atoms with Crippen LogP contribution in [0.3, 0.4) is 0 Å². The van der Waals surface area contributed by atoms with Crippen LogP contribution in [0.5, 0.6) is 0 Å². The van der Waals surface area contributed by atoms with Crippen molar-refractivity contribution in [3.63, 3.8) is 0 Å². The van der Waals surface area contributed by atoms with Gasteiger partial charge in [0.25, 0.3) is 0 Å². The summed E-state index contributed by atoms with van der Waals surface area (Å²) >= 11 is 0. The Kier molecular flexibility index (Phi) is 5.78. The summed E-state index contributed by atoms with van der Waals surface area (Å²) in [5.74, 6) is 1.29. The predicted octanol–water partition coefficient (Wildman–Crippen LogP) is 6.90. The van der Waals surface area contributed by atoms with Crippen molar-refractivity contribution in [3.8, 4) is 0 Å². The lowest BCUT2D eigenvalue weighted by atomic mass is 9.56. The van der Waals surface area contributed by atoms with Crippen LogP contribution in [0.1, 0.15) is 100 Å². The molecule has 3 rings (SSSR count). The average molecular weight is 372 g/mol. The minimum atomic E-state index is -0.264. The maximum Gasteiger partial charge on any atom is 0.491 e. The van der Waals surface area contributed by atoms with Crippen LogP contribution >= 0.6 is 0 Å². The van der Waals surface area contributed by atoms with Crippen molar-refractivity contribution in [2.75, 3.05) is 0 Å². The third-order valence-corrected chi connectivity index (χ3v) is 7.71. The van der Waals surface area contributed by atoms with E-state index in [1.165, 1.54) is 44.0 Å². The molecule has 2 nitrogen and oxygen atoms in total. The van der Waals surface area contributed by atoms with Crippen molar-refractivity contribution >= 4 is 7.12 Å². The molecule has 3 aliphatic rings. The summed E-state index contributed by atoms with van der Waals surface area (Å²) in [4.78, 5) is 0. The highest BCUT2D eigenvalue weighted by Crippen LogP contribution is 2.51. The van der Waals surface area contributed by atoms with Crippen LogP contribution in [0.15, 0.2) is 22.7 Å². The molecule has 0 aromatic carbocycles. The van der Waals surface area contributed by atoms with Crippen LogP contribution in [-0.4, -0.2) is 18.3 Å². The number of rotatable bonds is 4. The monoisotopic (exact) mass is 372 g/mol. The minimum absolute atomic E-state index is 0.172. The zero-order valence-corrected chi connectivity index (χ0v) is 19.1. The molecule has 0 amide bonds. The summed E-state index contributed by atoms with van der Waals surface area (Å²) in [5.41, 5.74) is 4.58. The second kappa shape index (κ2) is 7.37. The van der Waals surface area contributed by atoms with Gasteiger partial charge in [0.05, 0.1) is 11.2 Å². The Balaban J connectivity index is 1.95. The summed E-state index contributed by atoms with van der Waals surface area (Å²) in [6.07, 6.45) is 11.2. The summed E-state index contributed by atoms with van der Waals surface area (Å²) in [6.45, 7) is 18.2. The van der Waals surface area contributed by atoms with Gasteiger partial charge in [0, 0.05) is 0 Å². The molecule has 152 valence electrons. The zero-order chi connectivity index (χ0) is 20.0. The maximum atomic E-state index is 6.58. The molecule has 0 aromatic heterocycles. The Hall–Kier alpha value is -0.535. The van der Waals surface area contributed by atoms with Crippen molar-refractivity contribution in [1.29, 1.82) is 0 Å². The molecular weight excluding hydrogens is 331 g/mol. The lowest BCUT2D eigenvalue weighted by Crippen LogP contribution is -2.41. The van der Waals surface area contributed by atoms with Gasteiger partial charge >= 0.3 is 7.12 Å². The molecule has 0 radical (unpaired) electrons. The summed E-state index contributed by atoms with van der Waals surface area (Å²) in [7, 11) is -0.172. The first-order valence-corrected chi connectivity index (χ1v) is 11.2. The molecule has 2 atom stereocenters. The van der Waals surface area contributed by atoms with E-state index in [9.17, 15) is 0 Å². The number of hydrogen-bond donors (Lipinski definition) is 0. The average Bonchev–Trinajstić information content (AvgIpc) is 2.78. The highest BCUT2D eigenvalue weighted by molar-refractivity contribution is 6.55. The second-order valence-corrected chi connectivity index (χ2v) is 11.1. The largest absolute Gasteiger partial charge is 0.491 e. The van der Waals surface area contributed by atoms with Crippen LogP contribution < -0.4 is 0 Å². The van der Waals surface area contributed by atoms with Crippen LogP contribution in [-0.2, 0) is 9.31 Å². The second-order valence-electron chi connectivity index (χ2n) is 11.1. The Morgan fingerprint density at radius 2 is 1.74 bits per heavy atom. The van der Waals surface area contributed by atoms with Gasteiger partial charge in [-0.15, -0.1) is 0 Å². The van der Waals surface area contributed by atoms with Gasteiger partial charge in [-0.05, 0) is 88.9 Å². The molecule has 0 bridgehead atoms. The lowest BCUT2D eigenvalue weighted by molar-refractivity contribution is 0.00578. The first-order chi connectivity index (χ1) is 12.5. The molecule has 0 N–H and O–H groups in total. The van der Waals surface area contributed by atoms with Crippen LogP contribution in [0, 0.1) is 17.3 Å². The number of unbranched alkanes of at least 4 members (excludes halogenated alkanes) is 1. The zero-order valence-electron chi connectivity index (χ0n) is 19.1. The molecule has 2 fully saturated rings. The van der Waals surface area contributed by atoms with Gasteiger partial charge in [-0.25, -0.2) is 0 Å². The molecule has 0 aromatic rings. The molecular formula is C24H41BO2. The van der Waals surface area contributed by atoms with E-state index in [1.807, 2.05) is 0 Å². The van der Waals surface area contributed by atoms with Crippen molar-refractivity contribution in [2.45, 2.75) is 112 Å². The van der Waals surface area contributed by atoms with E-state index < -0.39 is 0 Å².